The van der Waals surface area contributed by atoms with Crippen molar-refractivity contribution in [3.8, 4) is 44.9 Å². The van der Waals surface area contributed by atoms with Gasteiger partial charge in [-0.3, -0.25) is 4.40 Å². The first kappa shape index (κ1) is 28.4. The van der Waals surface area contributed by atoms with Gasteiger partial charge in [0.15, 0.2) is 0 Å². The molecule has 0 atom stereocenters. The fourth-order valence-corrected chi connectivity index (χ4v) is 7.62. The van der Waals surface area contributed by atoms with Crippen LogP contribution in [0.4, 0.5) is 0 Å². The van der Waals surface area contributed by atoms with E-state index in [4.69, 9.17) is 9.97 Å². The number of aromatic nitrogens is 4. The van der Waals surface area contributed by atoms with Gasteiger partial charge < -0.3 is 0 Å². The largest absolute Gasteiger partial charge is 0.287 e. The smallest absolute Gasteiger partial charge is 0.140 e. The van der Waals surface area contributed by atoms with Gasteiger partial charge in [0.1, 0.15) is 12.0 Å². The summed E-state index contributed by atoms with van der Waals surface area (Å²) >= 11 is 0. The van der Waals surface area contributed by atoms with Gasteiger partial charge in [-0.2, -0.15) is 0 Å². The quantitative estimate of drug-likeness (QED) is 0.180. The molecular weight excluding hydrogens is 609 g/mol. The molecule has 0 saturated heterocycles. The molecule has 3 heterocycles. The Labute approximate surface area is 289 Å². The third-order valence-corrected chi connectivity index (χ3v) is 10.1. The van der Waals surface area contributed by atoms with Crippen molar-refractivity contribution in [1.29, 1.82) is 0 Å². The molecule has 0 N–H and O–H groups in total. The number of benzene rings is 7. The standard InChI is InChI=1S/C46H30N4/c1-29-46(49-45-22-23-47-28-50(29)45)31-20-18-30(19-21-31)43-26-34(41-24-32-10-2-4-12-35(32)37-14-6-8-16-39(37)41)27-44(48-43)42-25-33-11-3-5-13-36(33)38-15-7-9-17-40(38)42/h2-28H,1H3. The lowest BCUT2D eigenvalue weighted by molar-refractivity contribution is 1.04. The summed E-state index contributed by atoms with van der Waals surface area (Å²) in [4.78, 5) is 14.6. The highest BCUT2D eigenvalue weighted by molar-refractivity contribution is 6.15. The average molecular weight is 639 g/mol. The van der Waals surface area contributed by atoms with Crippen LogP contribution in [0.25, 0.3) is 93.6 Å². The second-order valence-corrected chi connectivity index (χ2v) is 12.9. The highest BCUT2D eigenvalue weighted by Gasteiger charge is 2.17. The lowest BCUT2D eigenvalue weighted by atomic mass is 9.90. The summed E-state index contributed by atoms with van der Waals surface area (Å²) in [6.45, 7) is 2.09. The van der Waals surface area contributed by atoms with Crippen LogP contribution >= 0.6 is 0 Å². The molecule has 0 radical (unpaired) electrons. The highest BCUT2D eigenvalue weighted by Crippen LogP contribution is 2.40. The summed E-state index contributed by atoms with van der Waals surface area (Å²) in [5.41, 5.74) is 10.4. The monoisotopic (exact) mass is 638 g/mol. The molecule has 7 aromatic carbocycles. The van der Waals surface area contributed by atoms with Crippen molar-refractivity contribution in [3.05, 3.63) is 170 Å². The number of nitrogens with zero attached hydrogens (tertiary/aromatic N) is 4. The first-order chi connectivity index (χ1) is 24.7. The Morgan fingerprint density at radius 1 is 0.440 bits per heavy atom. The summed E-state index contributed by atoms with van der Waals surface area (Å²) in [7, 11) is 0. The predicted molar refractivity (Wildman–Crippen MR) is 207 cm³/mol. The van der Waals surface area contributed by atoms with E-state index in [0.717, 1.165) is 50.7 Å². The van der Waals surface area contributed by atoms with Crippen molar-refractivity contribution in [2.24, 2.45) is 0 Å². The van der Waals surface area contributed by atoms with Crippen LogP contribution in [-0.2, 0) is 0 Å². The van der Waals surface area contributed by atoms with E-state index in [9.17, 15) is 0 Å². The van der Waals surface area contributed by atoms with E-state index in [1.54, 1.807) is 6.20 Å². The van der Waals surface area contributed by atoms with Crippen molar-refractivity contribution >= 4 is 48.7 Å². The fraction of sp³-hybridized carbons (Fsp3) is 0.0217. The van der Waals surface area contributed by atoms with Gasteiger partial charge in [0.2, 0.25) is 0 Å². The van der Waals surface area contributed by atoms with Crippen molar-refractivity contribution < 1.29 is 0 Å². The number of fused-ring (bicyclic) bond motifs is 7. The van der Waals surface area contributed by atoms with Crippen LogP contribution in [0.15, 0.2) is 164 Å². The Kier molecular flexibility index (Phi) is 6.36. The molecule has 10 aromatic rings. The molecule has 0 bridgehead atoms. The summed E-state index contributed by atoms with van der Waals surface area (Å²) in [6.07, 6.45) is 3.60. The number of aryl methyl sites for hydroxylation is 1. The molecule has 0 fully saturated rings. The van der Waals surface area contributed by atoms with Gasteiger partial charge in [0.05, 0.1) is 17.1 Å². The maximum atomic E-state index is 5.43. The molecule has 0 aliphatic carbocycles. The number of imidazole rings is 1. The van der Waals surface area contributed by atoms with E-state index < -0.39 is 0 Å². The summed E-state index contributed by atoms with van der Waals surface area (Å²) < 4.78 is 2.03. The van der Waals surface area contributed by atoms with E-state index in [2.05, 4.69) is 158 Å². The van der Waals surface area contributed by atoms with Crippen LogP contribution in [0, 0.1) is 6.92 Å². The zero-order valence-corrected chi connectivity index (χ0v) is 27.4. The molecule has 0 aliphatic heterocycles. The van der Waals surface area contributed by atoms with Crippen LogP contribution in [-0.4, -0.2) is 19.4 Å². The summed E-state index contributed by atoms with van der Waals surface area (Å²) in [5, 5.41) is 9.83. The SMILES string of the molecule is Cc1c(-c2ccc(-c3cc(-c4cc5ccccc5c5ccccc45)cc(-c4cc5ccccc5c5ccccc45)n3)cc2)nc2ccncn12. The summed E-state index contributed by atoms with van der Waals surface area (Å²) in [6, 6.07) is 54.5. The second-order valence-electron chi connectivity index (χ2n) is 12.9. The normalized spacial score (nSPS) is 11.7. The molecule has 0 amide bonds. The topological polar surface area (TPSA) is 43.1 Å². The fourth-order valence-electron chi connectivity index (χ4n) is 7.62. The minimum Gasteiger partial charge on any atom is -0.287 e. The number of hydrogen-bond acceptors (Lipinski definition) is 3. The van der Waals surface area contributed by atoms with Crippen molar-refractivity contribution in [1.82, 2.24) is 19.4 Å². The number of rotatable bonds is 4. The Morgan fingerprint density at radius 3 is 1.64 bits per heavy atom. The Morgan fingerprint density at radius 2 is 0.980 bits per heavy atom. The van der Waals surface area contributed by atoms with Crippen molar-refractivity contribution in [3.63, 3.8) is 0 Å². The lowest BCUT2D eigenvalue weighted by Crippen LogP contribution is -1.94. The van der Waals surface area contributed by atoms with Crippen LogP contribution in [0.1, 0.15) is 5.69 Å². The van der Waals surface area contributed by atoms with Crippen molar-refractivity contribution in [2.75, 3.05) is 0 Å². The predicted octanol–water partition coefficient (Wildman–Crippen LogP) is 11.7. The van der Waals surface area contributed by atoms with E-state index >= 15 is 0 Å². The van der Waals surface area contributed by atoms with Gasteiger partial charge in [-0.05, 0) is 91.5 Å². The molecule has 10 rings (SSSR count). The maximum Gasteiger partial charge on any atom is 0.140 e. The number of hydrogen-bond donors (Lipinski definition) is 0. The lowest BCUT2D eigenvalue weighted by Gasteiger charge is -2.16. The van der Waals surface area contributed by atoms with E-state index in [1.807, 2.05) is 16.8 Å². The second kappa shape index (κ2) is 11.2. The molecule has 4 heteroatoms. The van der Waals surface area contributed by atoms with E-state index in [0.29, 0.717) is 0 Å². The molecule has 0 aliphatic rings. The minimum absolute atomic E-state index is 0.890. The molecule has 4 nitrogen and oxygen atoms in total. The first-order valence-electron chi connectivity index (χ1n) is 16.9. The molecule has 0 saturated carbocycles. The Bertz CT molecular complexity index is 2800. The van der Waals surface area contributed by atoms with Crippen LogP contribution in [0.2, 0.25) is 0 Å². The maximum absolute atomic E-state index is 5.43. The summed E-state index contributed by atoms with van der Waals surface area (Å²) in [5.74, 6) is 0. The van der Waals surface area contributed by atoms with Crippen LogP contribution in [0.5, 0.6) is 0 Å². The highest BCUT2D eigenvalue weighted by atomic mass is 15.1. The van der Waals surface area contributed by atoms with Crippen LogP contribution in [0.3, 0.4) is 0 Å². The molecule has 50 heavy (non-hydrogen) atoms. The first-order valence-corrected chi connectivity index (χ1v) is 16.9. The zero-order valence-electron chi connectivity index (χ0n) is 27.4. The van der Waals surface area contributed by atoms with Gasteiger partial charge in [-0.15, -0.1) is 0 Å². The third kappa shape index (κ3) is 4.50. The molecule has 0 unspecified atom stereocenters. The van der Waals surface area contributed by atoms with E-state index in [-0.39, 0.29) is 0 Å². The van der Waals surface area contributed by atoms with Gasteiger partial charge in [-0.1, -0.05) is 121 Å². The van der Waals surface area contributed by atoms with Gasteiger partial charge in [-0.25, -0.2) is 15.0 Å². The molecule has 3 aromatic heterocycles. The molecule has 234 valence electrons. The van der Waals surface area contributed by atoms with Crippen molar-refractivity contribution in [2.45, 2.75) is 6.92 Å². The zero-order chi connectivity index (χ0) is 33.2. The molecular formula is C46H30N4. The minimum atomic E-state index is 0.890. The number of pyridine rings is 1. The van der Waals surface area contributed by atoms with Gasteiger partial charge in [0.25, 0.3) is 0 Å². The van der Waals surface area contributed by atoms with Gasteiger partial charge in [0, 0.05) is 28.6 Å². The molecule has 0 spiro atoms. The Hall–Kier alpha value is -6.65. The third-order valence-electron chi connectivity index (χ3n) is 10.1. The Balaban J connectivity index is 1.22. The van der Waals surface area contributed by atoms with Crippen LogP contribution < -0.4 is 0 Å². The van der Waals surface area contributed by atoms with E-state index in [1.165, 1.54) is 48.7 Å². The average Bonchev–Trinajstić information content (AvgIpc) is 3.53. The van der Waals surface area contributed by atoms with Gasteiger partial charge >= 0.3 is 0 Å².